The Morgan fingerprint density at radius 3 is 2.96 bits per heavy atom. The molecule has 0 aliphatic carbocycles. The van der Waals surface area contributed by atoms with Gasteiger partial charge in [-0.15, -0.1) is 0 Å². The van der Waals surface area contributed by atoms with Crippen molar-refractivity contribution >= 4 is 12.0 Å². The van der Waals surface area contributed by atoms with Gasteiger partial charge in [0.1, 0.15) is 5.82 Å². The zero-order valence-electron chi connectivity index (χ0n) is 15.8. The third-order valence-corrected chi connectivity index (χ3v) is 3.90. The van der Waals surface area contributed by atoms with Crippen LogP contribution in [-0.2, 0) is 0 Å². The molecule has 3 rings (SSSR count). The molecule has 0 saturated carbocycles. The Labute approximate surface area is 162 Å². The third kappa shape index (κ3) is 4.90. The van der Waals surface area contributed by atoms with E-state index in [0.29, 0.717) is 18.9 Å². The monoisotopic (exact) mass is 381 g/mol. The molecule has 2 heterocycles. The molecule has 0 atom stereocenters. The van der Waals surface area contributed by atoms with Crippen LogP contribution in [0.2, 0.25) is 0 Å². The zero-order valence-corrected chi connectivity index (χ0v) is 15.8. The predicted octanol–water partition coefficient (Wildman–Crippen LogP) is 1.39. The van der Waals surface area contributed by atoms with Gasteiger partial charge in [0.25, 0.3) is 0 Å². The van der Waals surface area contributed by atoms with Crippen LogP contribution in [0.1, 0.15) is 16.5 Å². The van der Waals surface area contributed by atoms with E-state index < -0.39 is 0 Å². The number of benzene rings is 1. The molecule has 0 saturated heterocycles. The molecule has 0 aliphatic rings. The highest BCUT2D eigenvalue weighted by atomic mass is 16.5. The van der Waals surface area contributed by atoms with Crippen LogP contribution in [0, 0.1) is 0 Å². The fourth-order valence-electron chi connectivity index (χ4n) is 2.48. The summed E-state index contributed by atoms with van der Waals surface area (Å²) in [5.41, 5.74) is 7.96. The van der Waals surface area contributed by atoms with Crippen molar-refractivity contribution in [3.63, 3.8) is 0 Å². The Balaban J connectivity index is 1.74. The van der Waals surface area contributed by atoms with Crippen LogP contribution < -0.4 is 11.1 Å². The van der Waals surface area contributed by atoms with Crippen molar-refractivity contribution in [1.29, 1.82) is 0 Å². The number of hydrogen-bond acceptors (Lipinski definition) is 7. The van der Waals surface area contributed by atoms with E-state index >= 15 is 0 Å². The van der Waals surface area contributed by atoms with Gasteiger partial charge in [-0.1, -0.05) is 29.4 Å². The van der Waals surface area contributed by atoms with E-state index in [1.54, 1.807) is 6.20 Å². The molecule has 0 spiro atoms. The molecule has 0 bridgehead atoms. The highest BCUT2D eigenvalue weighted by Crippen LogP contribution is 2.24. The molecular formula is C19H23N7O2. The minimum atomic E-state index is -0.387. The van der Waals surface area contributed by atoms with Gasteiger partial charge in [0.05, 0.1) is 11.9 Å². The molecule has 0 unspecified atom stereocenters. The molecule has 1 amide bonds. The summed E-state index contributed by atoms with van der Waals surface area (Å²) in [4.78, 5) is 25.8. The number of rotatable bonds is 8. The van der Waals surface area contributed by atoms with Crippen molar-refractivity contribution in [1.82, 2.24) is 30.3 Å². The first-order chi connectivity index (χ1) is 13.6. The van der Waals surface area contributed by atoms with Crippen molar-refractivity contribution < 1.29 is 9.32 Å². The summed E-state index contributed by atoms with van der Waals surface area (Å²) < 4.78 is 5.10. The molecule has 2 aromatic heterocycles. The molecule has 0 fully saturated rings. The van der Waals surface area contributed by atoms with Gasteiger partial charge in [-0.25, -0.2) is 4.98 Å². The Morgan fingerprint density at radius 1 is 1.36 bits per heavy atom. The van der Waals surface area contributed by atoms with Gasteiger partial charge >= 0.3 is 11.8 Å². The summed E-state index contributed by atoms with van der Waals surface area (Å²) in [6, 6.07) is 7.59. The highest BCUT2D eigenvalue weighted by Gasteiger charge is 2.16. The average molecular weight is 381 g/mol. The van der Waals surface area contributed by atoms with Crippen molar-refractivity contribution in [2.45, 2.75) is 0 Å². The second kappa shape index (κ2) is 9.07. The van der Waals surface area contributed by atoms with Crippen LogP contribution in [0.5, 0.6) is 0 Å². The molecular weight excluding hydrogens is 358 g/mol. The number of H-pyrrole nitrogens is 1. The highest BCUT2D eigenvalue weighted by molar-refractivity contribution is 5.89. The van der Waals surface area contributed by atoms with Crippen LogP contribution in [0.15, 0.2) is 41.1 Å². The number of likely N-dealkylation sites (N-methyl/N-ethyl adjacent to an activating group) is 1. The molecule has 9 heteroatoms. The number of carbonyl (C=O) groups is 1. The number of carbonyl (C=O) groups excluding carboxylic acids is 1. The second-order valence-corrected chi connectivity index (χ2v) is 6.38. The van der Waals surface area contributed by atoms with Crippen molar-refractivity contribution in [2.75, 3.05) is 33.7 Å². The van der Waals surface area contributed by atoms with Crippen LogP contribution in [0.25, 0.3) is 28.7 Å². The molecule has 146 valence electrons. The summed E-state index contributed by atoms with van der Waals surface area (Å²) in [7, 11) is 3.86. The summed E-state index contributed by atoms with van der Waals surface area (Å²) in [5, 5.41) is 6.67. The number of hydrogen-bond donors (Lipinski definition) is 3. The van der Waals surface area contributed by atoms with Gasteiger partial charge in [0.2, 0.25) is 5.82 Å². The normalized spacial score (nSPS) is 11.4. The zero-order chi connectivity index (χ0) is 19.9. The maximum absolute atomic E-state index is 12.1. The number of nitrogens with zero attached hydrogens (tertiary/aromatic N) is 4. The molecule has 28 heavy (non-hydrogen) atoms. The van der Waals surface area contributed by atoms with Crippen LogP contribution in [0.3, 0.4) is 0 Å². The smallest absolute Gasteiger partial charge is 0.316 e. The SMILES string of the molecule is CN(C)CCNC(=O)c1nc(-c2cccc(-c3cnc(C=CCN)[nH]3)c2)no1. The Morgan fingerprint density at radius 2 is 2.18 bits per heavy atom. The minimum absolute atomic E-state index is 0.0603. The molecule has 3 aromatic rings. The number of nitrogens with two attached hydrogens (primary N) is 1. The van der Waals surface area contributed by atoms with E-state index in [1.165, 1.54) is 0 Å². The maximum atomic E-state index is 12.1. The lowest BCUT2D eigenvalue weighted by molar-refractivity contribution is 0.0907. The maximum Gasteiger partial charge on any atom is 0.316 e. The van der Waals surface area contributed by atoms with Gasteiger partial charge in [0, 0.05) is 30.8 Å². The van der Waals surface area contributed by atoms with Gasteiger partial charge in [0.15, 0.2) is 0 Å². The molecule has 4 N–H and O–H groups in total. The Bertz CT molecular complexity index is 959. The second-order valence-electron chi connectivity index (χ2n) is 6.38. The van der Waals surface area contributed by atoms with Gasteiger partial charge in [-0.3, -0.25) is 4.79 Å². The fourth-order valence-corrected chi connectivity index (χ4v) is 2.48. The van der Waals surface area contributed by atoms with E-state index in [1.807, 2.05) is 55.4 Å². The van der Waals surface area contributed by atoms with Crippen molar-refractivity contribution in [2.24, 2.45) is 5.73 Å². The lowest BCUT2D eigenvalue weighted by Gasteiger charge is -2.08. The average Bonchev–Trinajstić information content (AvgIpc) is 3.36. The third-order valence-electron chi connectivity index (χ3n) is 3.90. The molecule has 0 aliphatic heterocycles. The van der Waals surface area contributed by atoms with Gasteiger partial charge in [-0.05, 0) is 26.2 Å². The van der Waals surface area contributed by atoms with Crippen molar-refractivity contribution in [3.05, 3.63) is 48.3 Å². The first-order valence-electron chi connectivity index (χ1n) is 8.86. The van der Waals surface area contributed by atoms with E-state index in [9.17, 15) is 4.79 Å². The fraction of sp³-hybridized carbons (Fsp3) is 0.263. The van der Waals surface area contributed by atoms with Crippen LogP contribution >= 0.6 is 0 Å². The molecule has 1 aromatic carbocycles. The first-order valence-corrected chi connectivity index (χ1v) is 8.86. The standard InChI is InChI=1S/C19H23N7O2/c1-26(2)10-9-21-18(27)19-24-17(25-28-19)14-6-3-5-13(11-14)15-12-22-16(23-15)7-4-8-20/h3-7,11-12H,8-10,20H2,1-2H3,(H,21,27)(H,22,23). The minimum Gasteiger partial charge on any atom is -0.347 e. The summed E-state index contributed by atoms with van der Waals surface area (Å²) in [6.45, 7) is 1.68. The molecule has 9 nitrogen and oxygen atoms in total. The Kier molecular flexibility index (Phi) is 6.30. The van der Waals surface area contributed by atoms with Gasteiger partial charge < -0.3 is 25.5 Å². The molecule has 0 radical (unpaired) electrons. The van der Waals surface area contributed by atoms with Crippen LogP contribution in [0.4, 0.5) is 0 Å². The largest absolute Gasteiger partial charge is 0.347 e. The quantitative estimate of drug-likeness (QED) is 0.538. The number of aromatic amines is 1. The predicted molar refractivity (Wildman–Crippen MR) is 106 cm³/mol. The summed E-state index contributed by atoms with van der Waals surface area (Å²) >= 11 is 0. The lowest BCUT2D eigenvalue weighted by Crippen LogP contribution is -2.31. The van der Waals surface area contributed by atoms with Crippen LogP contribution in [-0.4, -0.2) is 64.6 Å². The number of imidazole rings is 1. The number of nitrogens with one attached hydrogen (secondary N) is 2. The van der Waals surface area contributed by atoms with E-state index in [4.69, 9.17) is 10.3 Å². The van der Waals surface area contributed by atoms with E-state index in [0.717, 1.165) is 29.2 Å². The van der Waals surface area contributed by atoms with Gasteiger partial charge in [-0.2, -0.15) is 4.98 Å². The first kappa shape index (κ1) is 19.5. The number of aromatic nitrogens is 4. The lowest BCUT2D eigenvalue weighted by atomic mass is 10.1. The topological polar surface area (TPSA) is 126 Å². The van der Waals surface area contributed by atoms with E-state index in [-0.39, 0.29) is 11.8 Å². The Hall–Kier alpha value is -3.30. The van der Waals surface area contributed by atoms with E-state index in [2.05, 4.69) is 25.4 Å². The number of amides is 1. The summed E-state index contributed by atoms with van der Waals surface area (Å²) in [5.74, 6) is 0.626. The van der Waals surface area contributed by atoms with Crippen molar-refractivity contribution in [3.8, 4) is 22.6 Å². The summed E-state index contributed by atoms with van der Waals surface area (Å²) in [6.07, 6.45) is 5.40.